The van der Waals surface area contributed by atoms with Gasteiger partial charge >= 0.3 is 0 Å². The van der Waals surface area contributed by atoms with Crippen LogP contribution in [0.3, 0.4) is 0 Å². The van der Waals surface area contributed by atoms with Gasteiger partial charge in [-0.1, -0.05) is 42.5 Å². The molecule has 0 saturated carbocycles. The number of para-hydroxylation sites is 2. The first-order chi connectivity index (χ1) is 18.2. The number of fused-ring (bicyclic) bond motifs is 2. The van der Waals surface area contributed by atoms with Crippen molar-refractivity contribution >= 4 is 27.5 Å². The van der Waals surface area contributed by atoms with E-state index in [-0.39, 0.29) is 0 Å². The van der Waals surface area contributed by atoms with Gasteiger partial charge in [0.2, 0.25) is 0 Å². The van der Waals surface area contributed by atoms with Crippen LogP contribution < -0.4 is 14.8 Å². The maximum Gasteiger partial charge on any atom is 0.122 e. The van der Waals surface area contributed by atoms with Gasteiger partial charge in [0.15, 0.2) is 0 Å². The summed E-state index contributed by atoms with van der Waals surface area (Å²) in [5, 5.41) is 6.02. The van der Waals surface area contributed by atoms with Gasteiger partial charge in [-0.3, -0.25) is 9.88 Å². The summed E-state index contributed by atoms with van der Waals surface area (Å²) in [5.41, 5.74) is 5.36. The van der Waals surface area contributed by atoms with E-state index in [1.165, 1.54) is 0 Å². The summed E-state index contributed by atoms with van der Waals surface area (Å²) in [6, 6.07) is 28.8. The van der Waals surface area contributed by atoms with Gasteiger partial charge in [0.05, 0.1) is 36.6 Å². The number of ether oxygens (including phenoxy) is 2. The van der Waals surface area contributed by atoms with Gasteiger partial charge < -0.3 is 14.8 Å². The van der Waals surface area contributed by atoms with Crippen molar-refractivity contribution in [3.05, 3.63) is 102 Å². The summed E-state index contributed by atoms with van der Waals surface area (Å²) in [5.74, 6) is 1.59. The standard InChI is InChI=1S/C31H32N4O2/c1-36-25-18-23(19-26(20-25)37-2)21-35(22-24-10-7-8-15-32-24)17-9-16-33-31-27-11-3-5-13-29(27)34-30-14-6-4-12-28(30)31/h3-8,10-15,18-20H,9,16-17,21-22H2,1-2H3,(H,33,34). The number of hydrogen-bond donors (Lipinski definition) is 1. The third-order valence-corrected chi connectivity index (χ3v) is 6.47. The molecule has 2 heterocycles. The average Bonchev–Trinajstić information content (AvgIpc) is 2.95. The number of nitrogens with one attached hydrogen (secondary N) is 1. The monoisotopic (exact) mass is 492 g/mol. The molecule has 5 rings (SSSR count). The van der Waals surface area contributed by atoms with Crippen molar-refractivity contribution in [3.8, 4) is 11.5 Å². The van der Waals surface area contributed by atoms with Gasteiger partial charge in [0, 0.05) is 49.2 Å². The van der Waals surface area contributed by atoms with E-state index >= 15 is 0 Å². The van der Waals surface area contributed by atoms with Crippen LogP contribution in [-0.2, 0) is 13.1 Å². The zero-order valence-electron chi connectivity index (χ0n) is 21.4. The Bertz CT molecular complexity index is 1400. The van der Waals surface area contributed by atoms with Gasteiger partial charge in [-0.15, -0.1) is 0 Å². The average molecular weight is 493 g/mol. The van der Waals surface area contributed by atoms with Gasteiger partial charge in [-0.2, -0.15) is 0 Å². The van der Waals surface area contributed by atoms with Gasteiger partial charge in [-0.05, 0) is 48.4 Å². The van der Waals surface area contributed by atoms with Crippen molar-refractivity contribution in [3.63, 3.8) is 0 Å². The smallest absolute Gasteiger partial charge is 0.122 e. The Morgan fingerprint density at radius 1 is 0.757 bits per heavy atom. The minimum atomic E-state index is 0.765. The molecule has 2 aromatic heterocycles. The predicted octanol–water partition coefficient (Wildman–Crippen LogP) is 6.30. The molecule has 0 aliphatic carbocycles. The highest BCUT2D eigenvalue weighted by molar-refractivity contribution is 6.07. The lowest BCUT2D eigenvalue weighted by Gasteiger charge is -2.23. The molecule has 37 heavy (non-hydrogen) atoms. The highest BCUT2D eigenvalue weighted by atomic mass is 16.5. The summed E-state index contributed by atoms with van der Waals surface area (Å²) in [6.45, 7) is 3.29. The van der Waals surface area contributed by atoms with Crippen LogP contribution in [0.1, 0.15) is 17.7 Å². The number of methoxy groups -OCH3 is 2. The van der Waals surface area contributed by atoms with Crippen LogP contribution in [0.5, 0.6) is 11.5 Å². The largest absolute Gasteiger partial charge is 0.497 e. The SMILES string of the molecule is COc1cc(CN(CCCNc2c3ccccc3nc3ccccc23)Cc2ccccn2)cc(OC)c1. The van der Waals surface area contributed by atoms with E-state index in [1.807, 2.05) is 36.5 Å². The Labute approximate surface area is 217 Å². The van der Waals surface area contributed by atoms with Crippen LogP contribution in [0.4, 0.5) is 5.69 Å². The molecule has 0 atom stereocenters. The molecule has 0 radical (unpaired) electrons. The highest BCUT2D eigenvalue weighted by Gasteiger charge is 2.12. The molecule has 5 aromatic rings. The molecule has 6 heteroatoms. The maximum atomic E-state index is 5.49. The lowest BCUT2D eigenvalue weighted by atomic mass is 10.1. The Kier molecular flexibility index (Phi) is 7.77. The van der Waals surface area contributed by atoms with E-state index in [4.69, 9.17) is 14.5 Å². The topological polar surface area (TPSA) is 59.5 Å². The molecular formula is C31H32N4O2. The fraction of sp³-hybridized carbons (Fsp3) is 0.226. The van der Waals surface area contributed by atoms with E-state index < -0.39 is 0 Å². The molecule has 188 valence electrons. The number of aromatic nitrogens is 2. The van der Waals surface area contributed by atoms with Crippen molar-refractivity contribution in [1.82, 2.24) is 14.9 Å². The van der Waals surface area contributed by atoms with E-state index in [2.05, 4.69) is 69.8 Å². The molecule has 0 amide bonds. The van der Waals surface area contributed by atoms with Crippen molar-refractivity contribution < 1.29 is 9.47 Å². The number of rotatable bonds is 11. The molecular weight excluding hydrogens is 460 g/mol. The maximum absolute atomic E-state index is 5.49. The molecule has 0 fully saturated rings. The van der Waals surface area contributed by atoms with E-state index in [1.54, 1.807) is 14.2 Å². The van der Waals surface area contributed by atoms with Gasteiger partial charge in [-0.25, -0.2) is 4.98 Å². The minimum Gasteiger partial charge on any atom is -0.497 e. The van der Waals surface area contributed by atoms with E-state index in [0.717, 1.165) is 82.8 Å². The third-order valence-electron chi connectivity index (χ3n) is 6.47. The van der Waals surface area contributed by atoms with Crippen molar-refractivity contribution in [2.24, 2.45) is 0 Å². The molecule has 1 N–H and O–H groups in total. The van der Waals surface area contributed by atoms with Crippen molar-refractivity contribution in [2.45, 2.75) is 19.5 Å². The van der Waals surface area contributed by atoms with Gasteiger partial charge in [0.25, 0.3) is 0 Å². The van der Waals surface area contributed by atoms with Crippen LogP contribution in [-0.4, -0.2) is 42.2 Å². The Hall–Kier alpha value is -4.16. The first-order valence-electron chi connectivity index (χ1n) is 12.6. The first-order valence-corrected chi connectivity index (χ1v) is 12.6. The minimum absolute atomic E-state index is 0.765. The zero-order chi connectivity index (χ0) is 25.5. The summed E-state index contributed by atoms with van der Waals surface area (Å²) in [4.78, 5) is 11.8. The number of anilines is 1. The summed E-state index contributed by atoms with van der Waals surface area (Å²) >= 11 is 0. The van der Waals surface area contributed by atoms with Crippen LogP contribution >= 0.6 is 0 Å². The fourth-order valence-corrected chi connectivity index (χ4v) is 4.70. The molecule has 0 aliphatic rings. The normalized spacial score (nSPS) is 11.2. The zero-order valence-corrected chi connectivity index (χ0v) is 21.4. The van der Waals surface area contributed by atoms with Crippen LogP contribution in [0, 0.1) is 0 Å². The number of benzene rings is 3. The molecule has 0 aliphatic heterocycles. The second kappa shape index (κ2) is 11.7. The van der Waals surface area contributed by atoms with Crippen LogP contribution in [0.2, 0.25) is 0 Å². The summed E-state index contributed by atoms with van der Waals surface area (Å²) in [6.07, 6.45) is 2.82. The number of nitrogens with zero attached hydrogens (tertiary/aromatic N) is 3. The Balaban J connectivity index is 1.32. The van der Waals surface area contributed by atoms with Crippen molar-refractivity contribution in [1.29, 1.82) is 0 Å². The molecule has 6 nitrogen and oxygen atoms in total. The third kappa shape index (κ3) is 5.98. The lowest BCUT2D eigenvalue weighted by Crippen LogP contribution is -2.26. The Morgan fingerprint density at radius 3 is 2.03 bits per heavy atom. The quantitative estimate of drug-likeness (QED) is 0.172. The number of hydrogen-bond acceptors (Lipinski definition) is 6. The fourth-order valence-electron chi connectivity index (χ4n) is 4.70. The Morgan fingerprint density at radius 2 is 1.41 bits per heavy atom. The molecule has 3 aromatic carbocycles. The van der Waals surface area contributed by atoms with E-state index in [0.29, 0.717) is 0 Å². The summed E-state index contributed by atoms with van der Waals surface area (Å²) in [7, 11) is 3.37. The second-order valence-corrected chi connectivity index (χ2v) is 9.05. The molecule has 0 spiro atoms. The van der Waals surface area contributed by atoms with E-state index in [9.17, 15) is 0 Å². The summed E-state index contributed by atoms with van der Waals surface area (Å²) < 4.78 is 11.0. The molecule has 0 saturated heterocycles. The highest BCUT2D eigenvalue weighted by Crippen LogP contribution is 2.30. The first kappa shape index (κ1) is 24.5. The van der Waals surface area contributed by atoms with Crippen LogP contribution in [0.25, 0.3) is 21.8 Å². The molecule has 0 bridgehead atoms. The lowest BCUT2D eigenvalue weighted by molar-refractivity contribution is 0.252. The van der Waals surface area contributed by atoms with Crippen molar-refractivity contribution in [2.75, 3.05) is 32.6 Å². The molecule has 0 unspecified atom stereocenters. The van der Waals surface area contributed by atoms with Crippen LogP contribution in [0.15, 0.2) is 91.1 Å². The van der Waals surface area contributed by atoms with Gasteiger partial charge in [0.1, 0.15) is 11.5 Å². The number of pyridine rings is 2. The predicted molar refractivity (Wildman–Crippen MR) is 150 cm³/mol. The second-order valence-electron chi connectivity index (χ2n) is 9.05.